The van der Waals surface area contributed by atoms with Crippen LogP contribution in [0.3, 0.4) is 0 Å². The van der Waals surface area contributed by atoms with Gasteiger partial charge in [0.25, 0.3) is 0 Å². The first kappa shape index (κ1) is 141. The lowest BCUT2D eigenvalue weighted by Gasteiger charge is -2.20. The van der Waals surface area contributed by atoms with E-state index in [2.05, 4.69) is 354 Å². The Bertz CT molecular complexity index is 3400. The molecule has 0 bridgehead atoms. The molecule has 10 aromatic rings. The first-order chi connectivity index (χ1) is 60.2. The number of hydrogen-bond acceptors (Lipinski definition) is 16. The topological polar surface area (TPSA) is 206 Å². The maximum absolute atomic E-state index is 4.35. The summed E-state index contributed by atoms with van der Waals surface area (Å²) in [5, 5.41) is 23.4. The standard InChI is InChI=1S/4C10H15N.6C9H14N2.10C2H6/c1-8-7-11-6-5-9(8)10(2,3)4;1-8-5-6-11-7-9(8)10(2,3)4;1-8-9(10(2,3)4)6-5-7-11-8;1-8-6-5-7-11-9(8)10(2,3)4;1-7-8(9(2,3)4)5-10-6-11-7;1-7-5-10-6-11-8(7)9(2,3)4;1-7-5-10-11-6-8(7)9(2,3)4;1-7-8(9(2,3)4)11-6-5-10-7;1-7-8(9(2,3)4)5-6-10-11-7;1-7-5-6-10-11-8(7)9(2,3)4;10*1-2/h4*5-7H,1-4H3;6*5-6H,1-4H3;10*1-2H3. The fraction of sp³-hybridized carbons (Fsp3) is 0.614. The third-order valence-corrected chi connectivity index (χ3v) is 17.2. The van der Waals surface area contributed by atoms with E-state index in [0.29, 0.717) is 0 Å². The molecule has 740 valence electrons. The minimum absolute atomic E-state index is 0.109. The van der Waals surface area contributed by atoms with Crippen LogP contribution in [0.5, 0.6) is 0 Å². The van der Waals surface area contributed by atoms with Crippen LogP contribution in [0.2, 0.25) is 0 Å². The van der Waals surface area contributed by atoms with Gasteiger partial charge in [-0.3, -0.25) is 29.9 Å². The summed E-state index contributed by atoms with van der Waals surface area (Å²) < 4.78 is 0. The summed E-state index contributed by atoms with van der Waals surface area (Å²) in [6.07, 6.45) is 28.8. The Morgan fingerprint density at radius 1 is 0.169 bits per heavy atom. The maximum atomic E-state index is 4.35. The molecule has 0 unspecified atom stereocenters. The molecular formula is C114H204N16. The van der Waals surface area contributed by atoms with Crippen LogP contribution in [0.1, 0.15) is 458 Å². The first-order valence-electron chi connectivity index (χ1n) is 48.5. The summed E-state index contributed by atoms with van der Waals surface area (Å²) in [5.41, 5.74) is 25.8. The van der Waals surface area contributed by atoms with Crippen LogP contribution < -0.4 is 0 Å². The van der Waals surface area contributed by atoms with Crippen LogP contribution in [-0.2, 0) is 54.1 Å². The zero-order valence-corrected chi connectivity index (χ0v) is 96.0. The summed E-state index contributed by atoms with van der Waals surface area (Å²) in [7, 11) is 0. The molecule has 0 N–H and O–H groups in total. The molecule has 0 aliphatic carbocycles. The van der Waals surface area contributed by atoms with E-state index in [1.807, 2.05) is 246 Å². The predicted molar refractivity (Wildman–Crippen MR) is 577 cm³/mol. The molecule has 0 atom stereocenters. The van der Waals surface area contributed by atoms with Gasteiger partial charge < -0.3 is 0 Å². The second kappa shape index (κ2) is 74.6. The smallest absolute Gasteiger partial charge is 0.115 e. The summed E-state index contributed by atoms with van der Waals surface area (Å²) >= 11 is 0. The van der Waals surface area contributed by atoms with Crippen LogP contribution in [0.15, 0.2) is 148 Å². The van der Waals surface area contributed by atoms with Crippen molar-refractivity contribution in [2.45, 2.75) is 470 Å². The maximum Gasteiger partial charge on any atom is 0.115 e. The normalized spacial score (nSPS) is 10.3. The number of aromatic nitrogens is 16. The summed E-state index contributed by atoms with van der Waals surface area (Å²) in [4.78, 5) is 41.6. The Hall–Kier alpha value is -8.92. The van der Waals surface area contributed by atoms with Crippen molar-refractivity contribution < 1.29 is 0 Å². The average molecular weight is 1800 g/mol. The highest BCUT2D eigenvalue weighted by molar-refractivity contribution is 5.32. The second-order valence-corrected chi connectivity index (χ2v) is 38.4. The molecular weight excluding hydrogens is 1590 g/mol. The van der Waals surface area contributed by atoms with E-state index in [0.717, 1.165) is 39.9 Å². The zero-order valence-electron chi connectivity index (χ0n) is 96.0. The molecule has 0 aromatic carbocycles. The molecule has 16 heteroatoms. The lowest BCUT2D eigenvalue weighted by Crippen LogP contribution is -2.15. The van der Waals surface area contributed by atoms with Crippen molar-refractivity contribution in [2.75, 3.05) is 0 Å². The van der Waals surface area contributed by atoms with Gasteiger partial charge >= 0.3 is 0 Å². The summed E-state index contributed by atoms with van der Waals surface area (Å²) in [6, 6.07) is 16.4. The van der Waals surface area contributed by atoms with Crippen LogP contribution in [0.4, 0.5) is 0 Å². The van der Waals surface area contributed by atoms with Crippen LogP contribution >= 0.6 is 0 Å². The Kier molecular flexibility index (Phi) is 81.2. The Labute approximate surface area is 805 Å². The van der Waals surface area contributed by atoms with Crippen molar-refractivity contribution in [3.63, 3.8) is 0 Å². The van der Waals surface area contributed by atoms with Gasteiger partial charge in [0.15, 0.2) is 0 Å². The quantitative estimate of drug-likeness (QED) is 0.138. The van der Waals surface area contributed by atoms with Gasteiger partial charge in [-0.1, -0.05) is 358 Å². The second-order valence-electron chi connectivity index (χ2n) is 38.4. The van der Waals surface area contributed by atoms with E-state index in [9.17, 15) is 0 Å². The molecule has 0 aliphatic heterocycles. The largest absolute Gasteiger partial charge is 0.264 e. The van der Waals surface area contributed by atoms with Gasteiger partial charge in [0.2, 0.25) is 0 Å². The lowest BCUT2D eigenvalue weighted by molar-refractivity contribution is 0.553. The van der Waals surface area contributed by atoms with Crippen LogP contribution in [0, 0.1) is 69.2 Å². The number of nitrogens with zero attached hydrogens (tertiary/aromatic N) is 16. The van der Waals surface area contributed by atoms with E-state index >= 15 is 0 Å². The molecule has 16 nitrogen and oxygen atoms in total. The van der Waals surface area contributed by atoms with Gasteiger partial charge in [-0.2, -0.15) is 30.6 Å². The van der Waals surface area contributed by atoms with Gasteiger partial charge in [0.05, 0.1) is 40.9 Å². The van der Waals surface area contributed by atoms with Crippen molar-refractivity contribution in [3.8, 4) is 0 Å². The highest BCUT2D eigenvalue weighted by Gasteiger charge is 2.24. The highest BCUT2D eigenvalue weighted by atomic mass is 15.1. The molecule has 0 amide bonds. The number of hydrogen-bond donors (Lipinski definition) is 0. The molecule has 10 heterocycles. The Balaban J connectivity index is -0.000000150. The SMILES string of the molecule is CC.CC.CC.CC.CC.CC.CC.CC.CC.CC.Cc1cccnc1C(C)(C)C.Cc1ccncc1C(C)(C)C.Cc1ccnnc1C(C)(C)C.Cc1cnccc1C(C)(C)C.Cc1cncnc1C(C)(C)C.Cc1cnncc1C(C)(C)C.Cc1ncccc1C(C)(C)C.Cc1nccnc1C(C)(C)C.Cc1ncncc1C(C)(C)C.Cc1nnccc1C(C)(C)C. The van der Waals surface area contributed by atoms with Gasteiger partial charge in [-0.15, -0.1) is 0 Å². The fourth-order valence-corrected chi connectivity index (χ4v) is 12.1. The van der Waals surface area contributed by atoms with E-state index in [1.165, 1.54) is 72.5 Å². The highest BCUT2D eigenvalue weighted by Crippen LogP contribution is 2.30. The van der Waals surface area contributed by atoms with Crippen molar-refractivity contribution in [3.05, 3.63) is 260 Å². The number of aryl methyl sites for hydroxylation is 10. The van der Waals surface area contributed by atoms with Crippen molar-refractivity contribution in [1.82, 2.24) is 80.4 Å². The number of rotatable bonds is 0. The third kappa shape index (κ3) is 64.0. The lowest BCUT2D eigenvalue weighted by atomic mass is 9.85. The molecule has 10 aromatic heterocycles. The molecule has 0 saturated heterocycles. The fourth-order valence-electron chi connectivity index (χ4n) is 12.1. The molecule has 10 rings (SSSR count). The summed E-state index contributed by atoms with van der Waals surface area (Å²) in [5.74, 6) is 0. The van der Waals surface area contributed by atoms with Crippen molar-refractivity contribution >= 4 is 0 Å². The number of pyridine rings is 4. The molecule has 130 heavy (non-hydrogen) atoms. The minimum atomic E-state index is 0.109. The Morgan fingerprint density at radius 3 is 0.785 bits per heavy atom. The molecule has 0 aliphatic rings. The molecule has 0 saturated carbocycles. The predicted octanol–water partition coefficient (Wildman–Crippen LogP) is 33.5. The average Bonchev–Trinajstić information content (AvgIpc) is 0.927. The Morgan fingerprint density at radius 2 is 0.477 bits per heavy atom. The van der Waals surface area contributed by atoms with Gasteiger partial charge in [0, 0.05) is 113 Å². The monoisotopic (exact) mass is 1800 g/mol. The third-order valence-electron chi connectivity index (χ3n) is 17.2. The molecule has 0 fully saturated rings. The first-order valence-corrected chi connectivity index (χ1v) is 48.5. The van der Waals surface area contributed by atoms with E-state index in [4.69, 9.17) is 0 Å². The molecule has 0 radical (unpaired) electrons. The van der Waals surface area contributed by atoms with E-state index < -0.39 is 0 Å². The van der Waals surface area contributed by atoms with Crippen molar-refractivity contribution in [2.24, 2.45) is 0 Å². The van der Waals surface area contributed by atoms with E-state index in [-0.39, 0.29) is 54.1 Å². The zero-order chi connectivity index (χ0) is 105. The van der Waals surface area contributed by atoms with Crippen LogP contribution in [0.25, 0.3) is 0 Å². The van der Waals surface area contributed by atoms with Gasteiger partial charge in [-0.25, -0.2) is 19.9 Å². The van der Waals surface area contributed by atoms with Gasteiger partial charge in [-0.05, 0) is 205 Å². The molecule has 0 spiro atoms. The van der Waals surface area contributed by atoms with Crippen molar-refractivity contribution in [1.29, 1.82) is 0 Å². The van der Waals surface area contributed by atoms with E-state index in [1.54, 1.807) is 43.6 Å². The summed E-state index contributed by atoms with van der Waals surface area (Å²) in [6.45, 7) is 126. The van der Waals surface area contributed by atoms with Gasteiger partial charge in [0.1, 0.15) is 12.7 Å². The van der Waals surface area contributed by atoms with Crippen LogP contribution in [-0.4, -0.2) is 80.4 Å². The minimum Gasteiger partial charge on any atom is -0.264 e.